The van der Waals surface area contributed by atoms with E-state index in [1.54, 1.807) is 19.2 Å². The molecule has 1 aromatic rings. The lowest BCUT2D eigenvalue weighted by Gasteiger charge is -2.41. The molecule has 22 heavy (non-hydrogen) atoms. The van der Waals surface area contributed by atoms with Gasteiger partial charge in [0.2, 0.25) is 5.91 Å². The molecule has 1 amide bonds. The summed E-state index contributed by atoms with van der Waals surface area (Å²) in [7, 11) is 1.78. The lowest BCUT2D eigenvalue weighted by Crippen LogP contribution is -2.46. The minimum Gasteiger partial charge on any atom is -0.366 e. The number of primary amides is 1. The minimum atomic E-state index is -0.401. The average molecular weight is 302 g/mol. The first-order valence-corrected chi connectivity index (χ1v) is 7.92. The molecule has 0 radical (unpaired) electrons. The van der Waals surface area contributed by atoms with Gasteiger partial charge < -0.3 is 16.4 Å². The van der Waals surface area contributed by atoms with E-state index < -0.39 is 5.91 Å². The van der Waals surface area contributed by atoms with Crippen LogP contribution in [0.2, 0.25) is 0 Å². The quantitative estimate of drug-likeness (QED) is 0.555. The second-order valence-corrected chi connectivity index (χ2v) is 6.05. The van der Waals surface area contributed by atoms with Crippen molar-refractivity contribution in [3.63, 3.8) is 0 Å². The molecule has 0 saturated heterocycles. The molecular weight excluding hydrogens is 276 g/mol. The summed E-state index contributed by atoms with van der Waals surface area (Å²) in [6.07, 6.45) is 5.17. The monoisotopic (exact) mass is 302 g/mol. The highest BCUT2D eigenvalue weighted by Gasteiger charge is 2.34. The van der Waals surface area contributed by atoms with E-state index in [-0.39, 0.29) is 0 Å². The maximum absolute atomic E-state index is 11.0. The van der Waals surface area contributed by atoms with Gasteiger partial charge in [0, 0.05) is 25.7 Å². The van der Waals surface area contributed by atoms with Crippen LogP contribution in [0.25, 0.3) is 0 Å². The summed E-state index contributed by atoms with van der Waals surface area (Å²) in [5.74, 6) is 0.418. The van der Waals surface area contributed by atoms with Gasteiger partial charge in [0.15, 0.2) is 5.96 Å². The molecule has 1 aliphatic rings. The van der Waals surface area contributed by atoms with Crippen molar-refractivity contribution >= 4 is 11.9 Å². The molecule has 1 aromatic carbocycles. The third kappa shape index (κ3) is 4.00. The van der Waals surface area contributed by atoms with Crippen LogP contribution in [0, 0.1) is 5.41 Å². The lowest BCUT2D eigenvalue weighted by molar-refractivity contribution is 0.100. The molecule has 5 nitrogen and oxygen atoms in total. The Morgan fingerprint density at radius 3 is 2.41 bits per heavy atom. The van der Waals surface area contributed by atoms with Crippen LogP contribution in [0.1, 0.15) is 48.5 Å². The van der Waals surface area contributed by atoms with Crippen LogP contribution in [0.5, 0.6) is 0 Å². The van der Waals surface area contributed by atoms with Crippen LogP contribution >= 0.6 is 0 Å². The highest BCUT2D eigenvalue weighted by atomic mass is 16.1. The van der Waals surface area contributed by atoms with Crippen LogP contribution in [0.3, 0.4) is 0 Å². The third-order valence-corrected chi connectivity index (χ3v) is 4.72. The van der Waals surface area contributed by atoms with Gasteiger partial charge in [-0.2, -0.15) is 0 Å². The van der Waals surface area contributed by atoms with Crippen molar-refractivity contribution in [2.75, 3.05) is 13.6 Å². The van der Waals surface area contributed by atoms with Crippen molar-refractivity contribution in [2.24, 2.45) is 16.1 Å². The molecule has 0 unspecified atom stereocenters. The van der Waals surface area contributed by atoms with Gasteiger partial charge in [0.25, 0.3) is 0 Å². The predicted octanol–water partition coefficient (Wildman–Crippen LogP) is 2.03. The number of carbonyl (C=O) groups is 1. The number of rotatable bonds is 6. The molecule has 2 rings (SSSR count). The maximum Gasteiger partial charge on any atom is 0.248 e. The van der Waals surface area contributed by atoms with Gasteiger partial charge in [0.1, 0.15) is 0 Å². The van der Waals surface area contributed by atoms with E-state index in [0.717, 1.165) is 18.1 Å². The van der Waals surface area contributed by atoms with Crippen LogP contribution in [0.15, 0.2) is 29.3 Å². The number of hydrogen-bond donors (Lipinski definition) is 3. The summed E-state index contributed by atoms with van der Waals surface area (Å²) in [5.41, 5.74) is 7.31. The lowest BCUT2D eigenvalue weighted by atomic mass is 9.67. The van der Waals surface area contributed by atoms with Crippen molar-refractivity contribution in [2.45, 2.75) is 39.2 Å². The second-order valence-electron chi connectivity index (χ2n) is 6.05. The summed E-state index contributed by atoms with van der Waals surface area (Å²) in [4.78, 5) is 15.3. The minimum absolute atomic E-state index is 0.401. The van der Waals surface area contributed by atoms with E-state index in [1.165, 1.54) is 25.7 Å². The van der Waals surface area contributed by atoms with E-state index in [4.69, 9.17) is 5.73 Å². The number of nitrogens with two attached hydrogens (primary N) is 1. The normalized spacial score (nSPS) is 16.7. The van der Waals surface area contributed by atoms with Crippen molar-refractivity contribution in [1.29, 1.82) is 0 Å². The summed E-state index contributed by atoms with van der Waals surface area (Å²) in [5, 5.41) is 6.73. The number of nitrogens with one attached hydrogen (secondary N) is 2. The van der Waals surface area contributed by atoms with Gasteiger partial charge in [-0.1, -0.05) is 25.5 Å². The predicted molar refractivity (Wildman–Crippen MR) is 89.7 cm³/mol. The van der Waals surface area contributed by atoms with Crippen LogP contribution in [-0.4, -0.2) is 25.5 Å². The maximum atomic E-state index is 11.0. The zero-order chi connectivity index (χ0) is 16.0. The number of benzene rings is 1. The molecule has 0 aromatic heterocycles. The topological polar surface area (TPSA) is 79.5 Å². The standard InChI is InChI=1S/C17H26N4O/c1-3-17(9-4-10-17)12-21-16(19-2)20-11-13-5-7-14(8-6-13)15(18)22/h5-8H,3-4,9-12H2,1-2H3,(H2,18,22)(H2,19,20,21). The molecule has 0 heterocycles. The Morgan fingerprint density at radius 2 is 1.95 bits per heavy atom. The fraction of sp³-hybridized carbons (Fsp3) is 0.529. The second kappa shape index (κ2) is 7.29. The number of amides is 1. The van der Waals surface area contributed by atoms with E-state index in [9.17, 15) is 4.79 Å². The first kappa shape index (κ1) is 16.3. The molecule has 0 atom stereocenters. The van der Waals surface area contributed by atoms with E-state index in [1.807, 2.05) is 12.1 Å². The molecule has 120 valence electrons. The molecule has 0 aliphatic heterocycles. The van der Waals surface area contributed by atoms with Gasteiger partial charge in [-0.15, -0.1) is 0 Å². The first-order chi connectivity index (χ1) is 10.6. The van der Waals surface area contributed by atoms with Crippen molar-refractivity contribution in [3.05, 3.63) is 35.4 Å². The van der Waals surface area contributed by atoms with Crippen LogP contribution in [0.4, 0.5) is 0 Å². The third-order valence-electron chi connectivity index (χ3n) is 4.72. The smallest absolute Gasteiger partial charge is 0.248 e. The molecule has 1 fully saturated rings. The largest absolute Gasteiger partial charge is 0.366 e. The highest BCUT2D eigenvalue weighted by Crippen LogP contribution is 2.42. The number of aliphatic imine (C=N–C) groups is 1. The highest BCUT2D eigenvalue weighted by molar-refractivity contribution is 5.92. The van der Waals surface area contributed by atoms with Crippen molar-refractivity contribution in [1.82, 2.24) is 10.6 Å². The van der Waals surface area contributed by atoms with Gasteiger partial charge in [0.05, 0.1) is 0 Å². The number of nitrogens with zero attached hydrogens (tertiary/aromatic N) is 1. The molecule has 4 N–H and O–H groups in total. The SMILES string of the molecule is CCC1(CNC(=NC)NCc2ccc(C(N)=O)cc2)CCC1. The fourth-order valence-corrected chi connectivity index (χ4v) is 2.80. The Balaban J connectivity index is 1.82. The molecule has 1 saturated carbocycles. The Kier molecular flexibility index (Phi) is 5.41. The Labute approximate surface area is 132 Å². The number of hydrogen-bond acceptors (Lipinski definition) is 2. The van der Waals surface area contributed by atoms with Crippen LogP contribution < -0.4 is 16.4 Å². The summed E-state index contributed by atoms with van der Waals surface area (Å²) in [6, 6.07) is 7.30. The van der Waals surface area contributed by atoms with E-state index >= 15 is 0 Å². The number of guanidine groups is 1. The first-order valence-electron chi connectivity index (χ1n) is 7.92. The van der Waals surface area contributed by atoms with Gasteiger partial charge in [-0.3, -0.25) is 9.79 Å². The number of carbonyl (C=O) groups excluding carboxylic acids is 1. The Hall–Kier alpha value is -2.04. The molecular formula is C17H26N4O. The van der Waals surface area contributed by atoms with Gasteiger partial charge >= 0.3 is 0 Å². The Bertz CT molecular complexity index is 527. The summed E-state index contributed by atoms with van der Waals surface area (Å²) >= 11 is 0. The van der Waals surface area contributed by atoms with Crippen LogP contribution in [-0.2, 0) is 6.54 Å². The van der Waals surface area contributed by atoms with Crippen molar-refractivity contribution < 1.29 is 4.79 Å². The van der Waals surface area contributed by atoms with E-state index in [2.05, 4.69) is 22.5 Å². The molecule has 1 aliphatic carbocycles. The zero-order valence-electron chi connectivity index (χ0n) is 13.5. The summed E-state index contributed by atoms with van der Waals surface area (Å²) < 4.78 is 0. The zero-order valence-corrected chi connectivity index (χ0v) is 13.5. The van der Waals surface area contributed by atoms with Gasteiger partial charge in [-0.25, -0.2) is 0 Å². The Morgan fingerprint density at radius 1 is 1.27 bits per heavy atom. The molecule has 0 spiro atoms. The van der Waals surface area contributed by atoms with Crippen molar-refractivity contribution in [3.8, 4) is 0 Å². The molecule has 5 heteroatoms. The van der Waals surface area contributed by atoms with Gasteiger partial charge in [-0.05, 0) is 42.4 Å². The fourth-order valence-electron chi connectivity index (χ4n) is 2.80. The summed E-state index contributed by atoms with van der Waals surface area (Å²) in [6.45, 7) is 3.90. The van der Waals surface area contributed by atoms with E-state index in [0.29, 0.717) is 17.5 Å². The average Bonchev–Trinajstić information content (AvgIpc) is 2.50. The molecule has 0 bridgehead atoms.